The van der Waals surface area contributed by atoms with Gasteiger partial charge >= 0.3 is 0 Å². The largest absolute Gasteiger partial charge is 0.493 e. The average Bonchev–Trinajstić information content (AvgIpc) is 3.17. The maximum atomic E-state index is 11.9. The number of carbonyl (C=O) groups is 1. The molecule has 0 atom stereocenters. The zero-order valence-corrected chi connectivity index (χ0v) is 14.7. The Morgan fingerprint density at radius 1 is 1.44 bits per heavy atom. The molecule has 0 fully saturated rings. The number of amides is 1. The molecule has 3 rings (SSSR count). The number of rotatable bonds is 7. The van der Waals surface area contributed by atoms with E-state index in [1.54, 1.807) is 19.4 Å². The van der Waals surface area contributed by atoms with Gasteiger partial charge < -0.3 is 9.47 Å². The number of methoxy groups -OCH3 is 1. The first-order chi connectivity index (χ1) is 12.2. The summed E-state index contributed by atoms with van der Waals surface area (Å²) in [5.41, 5.74) is 4.01. The highest BCUT2D eigenvalue weighted by Crippen LogP contribution is 2.27. The van der Waals surface area contributed by atoms with Crippen molar-refractivity contribution in [2.24, 2.45) is 5.10 Å². The van der Waals surface area contributed by atoms with E-state index in [0.717, 1.165) is 10.5 Å². The van der Waals surface area contributed by atoms with Crippen LogP contribution in [-0.4, -0.2) is 35.2 Å². The number of nitrogens with zero attached hydrogens (tertiary/aromatic N) is 3. The molecule has 1 amide bonds. The smallest absolute Gasteiger partial charge is 0.246 e. The van der Waals surface area contributed by atoms with Crippen LogP contribution in [0.15, 0.2) is 41.1 Å². The number of fused-ring (bicyclic) bond motifs is 1. The SMILES string of the molecule is CCOc1ccc(C=NNC(=O)Cc2cn3ccsc3n2)cc1OC. The summed E-state index contributed by atoms with van der Waals surface area (Å²) in [5, 5.41) is 5.92. The van der Waals surface area contributed by atoms with Crippen LogP contribution in [0.25, 0.3) is 4.96 Å². The molecule has 0 radical (unpaired) electrons. The third-order valence-corrected chi connectivity index (χ3v) is 4.15. The lowest BCUT2D eigenvalue weighted by molar-refractivity contribution is -0.120. The number of aromatic nitrogens is 2. The summed E-state index contributed by atoms with van der Waals surface area (Å²) in [5.74, 6) is 1.07. The van der Waals surface area contributed by atoms with Gasteiger partial charge in [0.15, 0.2) is 16.5 Å². The zero-order chi connectivity index (χ0) is 17.6. The lowest BCUT2D eigenvalue weighted by Crippen LogP contribution is -2.19. The van der Waals surface area contributed by atoms with Crippen molar-refractivity contribution in [3.63, 3.8) is 0 Å². The van der Waals surface area contributed by atoms with Crippen LogP contribution in [0.5, 0.6) is 11.5 Å². The Morgan fingerprint density at radius 3 is 3.08 bits per heavy atom. The molecule has 2 aromatic heterocycles. The molecule has 1 aromatic carbocycles. The van der Waals surface area contributed by atoms with E-state index in [2.05, 4.69) is 15.5 Å². The summed E-state index contributed by atoms with van der Waals surface area (Å²) < 4.78 is 12.6. The molecule has 0 bridgehead atoms. The molecular weight excluding hydrogens is 340 g/mol. The number of thiazole rings is 1. The summed E-state index contributed by atoms with van der Waals surface area (Å²) >= 11 is 1.53. The van der Waals surface area contributed by atoms with Crippen LogP contribution in [0.1, 0.15) is 18.2 Å². The van der Waals surface area contributed by atoms with Crippen molar-refractivity contribution >= 4 is 28.4 Å². The van der Waals surface area contributed by atoms with Crippen molar-refractivity contribution in [2.75, 3.05) is 13.7 Å². The fourth-order valence-electron chi connectivity index (χ4n) is 2.28. The average molecular weight is 358 g/mol. The van der Waals surface area contributed by atoms with Crippen molar-refractivity contribution in [2.45, 2.75) is 13.3 Å². The van der Waals surface area contributed by atoms with E-state index in [9.17, 15) is 4.79 Å². The Bertz CT molecular complexity index is 872. The van der Waals surface area contributed by atoms with Crippen LogP contribution in [0.4, 0.5) is 0 Å². The molecule has 0 aliphatic carbocycles. The normalized spacial score (nSPS) is 11.1. The number of ether oxygens (including phenoxy) is 2. The maximum Gasteiger partial charge on any atom is 0.246 e. The zero-order valence-electron chi connectivity index (χ0n) is 13.9. The minimum atomic E-state index is -0.222. The van der Waals surface area contributed by atoms with Crippen molar-refractivity contribution in [1.82, 2.24) is 14.8 Å². The predicted octanol–water partition coefficient (Wildman–Crippen LogP) is 2.50. The molecule has 130 valence electrons. The van der Waals surface area contributed by atoms with Crippen molar-refractivity contribution in [1.29, 1.82) is 0 Å². The lowest BCUT2D eigenvalue weighted by Gasteiger charge is -2.09. The second-order valence-electron chi connectivity index (χ2n) is 5.14. The summed E-state index contributed by atoms with van der Waals surface area (Å²) in [7, 11) is 1.58. The van der Waals surface area contributed by atoms with Gasteiger partial charge in [-0.3, -0.25) is 9.20 Å². The monoisotopic (exact) mass is 358 g/mol. The molecule has 8 heteroatoms. The summed E-state index contributed by atoms with van der Waals surface area (Å²) in [6.45, 7) is 2.47. The first-order valence-electron chi connectivity index (χ1n) is 7.73. The number of hydrogen-bond donors (Lipinski definition) is 1. The Labute approximate surface area is 148 Å². The van der Waals surface area contributed by atoms with Gasteiger partial charge in [-0.1, -0.05) is 0 Å². The van der Waals surface area contributed by atoms with E-state index in [0.29, 0.717) is 23.8 Å². The maximum absolute atomic E-state index is 11.9. The van der Waals surface area contributed by atoms with Crippen molar-refractivity contribution in [3.05, 3.63) is 47.2 Å². The van der Waals surface area contributed by atoms with E-state index in [1.165, 1.54) is 11.3 Å². The second-order valence-corrected chi connectivity index (χ2v) is 6.01. The second kappa shape index (κ2) is 7.80. The molecule has 0 aliphatic heterocycles. The van der Waals surface area contributed by atoms with Gasteiger partial charge in [0.2, 0.25) is 5.91 Å². The predicted molar refractivity (Wildman–Crippen MR) is 96.7 cm³/mol. The fraction of sp³-hybridized carbons (Fsp3) is 0.235. The minimum absolute atomic E-state index is 0.179. The lowest BCUT2D eigenvalue weighted by atomic mass is 10.2. The first kappa shape index (κ1) is 17.0. The summed E-state index contributed by atoms with van der Waals surface area (Å²) in [6.07, 6.45) is 5.48. The van der Waals surface area contributed by atoms with Gasteiger partial charge in [0.05, 0.1) is 32.0 Å². The molecule has 0 saturated carbocycles. The molecule has 0 spiro atoms. The highest BCUT2D eigenvalue weighted by molar-refractivity contribution is 7.15. The molecule has 25 heavy (non-hydrogen) atoms. The topological polar surface area (TPSA) is 77.2 Å². The number of hydrazone groups is 1. The number of imidazole rings is 1. The van der Waals surface area contributed by atoms with Crippen LogP contribution in [0.2, 0.25) is 0 Å². The van der Waals surface area contributed by atoms with Gasteiger partial charge in [-0.25, -0.2) is 10.4 Å². The number of carbonyl (C=O) groups excluding carboxylic acids is 1. The van der Waals surface area contributed by atoms with E-state index in [4.69, 9.17) is 9.47 Å². The Morgan fingerprint density at radius 2 is 2.32 bits per heavy atom. The highest BCUT2D eigenvalue weighted by atomic mass is 32.1. The van der Waals surface area contributed by atoms with Crippen molar-refractivity contribution < 1.29 is 14.3 Å². The fourth-order valence-corrected chi connectivity index (χ4v) is 3.00. The van der Waals surface area contributed by atoms with E-state index in [-0.39, 0.29) is 12.3 Å². The Balaban J connectivity index is 1.58. The Hall–Kier alpha value is -2.87. The van der Waals surface area contributed by atoms with Crippen LogP contribution < -0.4 is 14.9 Å². The van der Waals surface area contributed by atoms with Gasteiger partial charge in [0.1, 0.15) is 0 Å². The van der Waals surface area contributed by atoms with Crippen LogP contribution in [-0.2, 0) is 11.2 Å². The van der Waals surface area contributed by atoms with Gasteiger partial charge in [-0.05, 0) is 30.7 Å². The summed E-state index contributed by atoms with van der Waals surface area (Å²) in [6, 6.07) is 5.44. The minimum Gasteiger partial charge on any atom is -0.493 e. The van der Waals surface area contributed by atoms with E-state index in [1.807, 2.05) is 41.2 Å². The number of nitrogens with one attached hydrogen (secondary N) is 1. The molecule has 0 saturated heterocycles. The molecule has 0 unspecified atom stereocenters. The molecule has 3 aromatic rings. The summed E-state index contributed by atoms with van der Waals surface area (Å²) in [4.78, 5) is 17.2. The molecule has 1 N–H and O–H groups in total. The van der Waals surface area contributed by atoms with Crippen LogP contribution in [0.3, 0.4) is 0 Å². The quantitative estimate of drug-likeness (QED) is 0.520. The van der Waals surface area contributed by atoms with Crippen molar-refractivity contribution in [3.8, 4) is 11.5 Å². The van der Waals surface area contributed by atoms with Gasteiger partial charge in [-0.15, -0.1) is 11.3 Å². The number of benzene rings is 1. The Kier molecular flexibility index (Phi) is 5.30. The van der Waals surface area contributed by atoms with E-state index < -0.39 is 0 Å². The van der Waals surface area contributed by atoms with Gasteiger partial charge in [0.25, 0.3) is 0 Å². The molecule has 0 aliphatic rings. The van der Waals surface area contributed by atoms with Crippen LogP contribution >= 0.6 is 11.3 Å². The number of hydrogen-bond acceptors (Lipinski definition) is 6. The third-order valence-electron chi connectivity index (χ3n) is 3.38. The van der Waals surface area contributed by atoms with Gasteiger partial charge in [0, 0.05) is 17.8 Å². The standard InChI is InChI=1S/C17H18N4O3S/c1-3-24-14-5-4-12(8-15(14)23-2)10-18-20-16(22)9-13-11-21-6-7-25-17(21)19-13/h4-8,10-11H,3,9H2,1-2H3,(H,20,22). The molecule has 7 nitrogen and oxygen atoms in total. The van der Waals surface area contributed by atoms with E-state index >= 15 is 0 Å². The molecule has 2 heterocycles. The first-order valence-corrected chi connectivity index (χ1v) is 8.61. The van der Waals surface area contributed by atoms with Gasteiger partial charge in [-0.2, -0.15) is 5.10 Å². The van der Waals surface area contributed by atoms with Crippen LogP contribution in [0, 0.1) is 0 Å². The third kappa shape index (κ3) is 4.16. The molecular formula is C17H18N4O3S. The highest BCUT2D eigenvalue weighted by Gasteiger charge is 2.08.